The molecule has 3 fully saturated rings. The van der Waals surface area contributed by atoms with Gasteiger partial charge in [-0.1, -0.05) is 18.1 Å². The van der Waals surface area contributed by atoms with E-state index >= 15 is 0 Å². The SMILES string of the molecule is O=C(N[C@H](C(=O)N1CC(Cl)[C@H]2OCC(=O)[C@H]21)C1CCCC1)c1ccc2nn[nH]c2c1. The molecule has 2 aliphatic heterocycles. The van der Waals surface area contributed by atoms with Crippen molar-refractivity contribution in [1.29, 1.82) is 0 Å². The fraction of sp³-hybridized carbons (Fsp3) is 0.550. The highest BCUT2D eigenvalue weighted by atomic mass is 35.5. The monoisotopic (exact) mass is 431 g/mol. The molecule has 0 radical (unpaired) electrons. The van der Waals surface area contributed by atoms with Crippen LogP contribution in [0.25, 0.3) is 11.0 Å². The number of nitrogens with one attached hydrogen (secondary N) is 2. The summed E-state index contributed by atoms with van der Waals surface area (Å²) in [6, 6.07) is 3.67. The van der Waals surface area contributed by atoms with Crippen molar-refractivity contribution in [2.75, 3.05) is 13.2 Å². The number of carbonyl (C=O) groups is 3. The number of ketones is 1. The molecule has 1 saturated carbocycles. The van der Waals surface area contributed by atoms with Crippen LogP contribution in [0, 0.1) is 5.92 Å². The number of benzene rings is 1. The number of aromatic nitrogens is 3. The average Bonchev–Trinajstić information content (AvgIpc) is 3.52. The van der Waals surface area contributed by atoms with Crippen molar-refractivity contribution in [1.82, 2.24) is 25.6 Å². The largest absolute Gasteiger partial charge is 0.366 e. The van der Waals surface area contributed by atoms with Gasteiger partial charge in [-0.05, 0) is 37.0 Å². The Morgan fingerprint density at radius 3 is 2.90 bits per heavy atom. The second kappa shape index (κ2) is 7.63. The van der Waals surface area contributed by atoms with E-state index in [-0.39, 0.29) is 36.7 Å². The van der Waals surface area contributed by atoms with Crippen molar-refractivity contribution in [3.8, 4) is 0 Å². The third-order valence-electron chi connectivity index (χ3n) is 6.42. The zero-order chi connectivity index (χ0) is 20.8. The highest BCUT2D eigenvalue weighted by molar-refractivity contribution is 6.22. The number of nitrogens with zero attached hydrogens (tertiary/aromatic N) is 3. The first-order valence-electron chi connectivity index (χ1n) is 10.2. The van der Waals surface area contributed by atoms with E-state index < -0.39 is 23.6 Å². The van der Waals surface area contributed by atoms with E-state index in [1.807, 2.05) is 0 Å². The molecule has 1 aromatic carbocycles. The summed E-state index contributed by atoms with van der Waals surface area (Å²) in [5.74, 6) is -0.699. The number of ether oxygens (including phenoxy) is 1. The van der Waals surface area contributed by atoms with Crippen molar-refractivity contribution >= 4 is 40.2 Å². The smallest absolute Gasteiger partial charge is 0.252 e. The molecular weight excluding hydrogens is 410 g/mol. The summed E-state index contributed by atoms with van der Waals surface area (Å²) in [5, 5.41) is 12.9. The number of fused-ring (bicyclic) bond motifs is 2. The lowest BCUT2D eigenvalue weighted by atomic mass is 9.95. The van der Waals surface area contributed by atoms with E-state index in [0.717, 1.165) is 25.7 Å². The second-order valence-corrected chi connectivity index (χ2v) is 8.79. The first-order chi connectivity index (χ1) is 14.5. The second-order valence-electron chi connectivity index (χ2n) is 8.23. The van der Waals surface area contributed by atoms with Gasteiger partial charge in [-0.25, -0.2) is 0 Å². The fourth-order valence-electron chi connectivity index (χ4n) is 4.89. The van der Waals surface area contributed by atoms with Crippen LogP contribution in [-0.2, 0) is 14.3 Å². The molecule has 3 aliphatic rings. The van der Waals surface area contributed by atoms with Crippen LogP contribution in [-0.4, -0.2) is 74.6 Å². The molecule has 1 aromatic heterocycles. The molecule has 3 heterocycles. The fourth-order valence-corrected chi connectivity index (χ4v) is 5.25. The predicted octanol–water partition coefficient (Wildman–Crippen LogP) is 1.03. The molecule has 0 spiro atoms. The molecule has 2 amide bonds. The first-order valence-corrected chi connectivity index (χ1v) is 10.7. The highest BCUT2D eigenvalue weighted by Crippen LogP contribution is 2.34. The van der Waals surface area contributed by atoms with Crippen LogP contribution in [0.4, 0.5) is 0 Å². The number of rotatable bonds is 4. The molecule has 2 N–H and O–H groups in total. The number of likely N-dealkylation sites (tertiary alicyclic amines) is 1. The lowest BCUT2D eigenvalue weighted by molar-refractivity contribution is -0.139. The van der Waals surface area contributed by atoms with Gasteiger partial charge in [0.05, 0.1) is 10.9 Å². The Morgan fingerprint density at radius 2 is 2.10 bits per heavy atom. The topological polar surface area (TPSA) is 117 Å². The third-order valence-corrected chi connectivity index (χ3v) is 6.80. The molecule has 30 heavy (non-hydrogen) atoms. The minimum Gasteiger partial charge on any atom is -0.366 e. The normalized spacial score (nSPS) is 27.6. The molecule has 5 rings (SSSR count). The molecule has 4 atom stereocenters. The Balaban J connectivity index is 1.40. The predicted molar refractivity (Wildman–Crippen MR) is 107 cm³/mol. The van der Waals surface area contributed by atoms with E-state index in [4.69, 9.17) is 16.3 Å². The Kier molecular flexibility index (Phi) is 4.94. The first kappa shape index (κ1) is 19.4. The van der Waals surface area contributed by atoms with Crippen LogP contribution >= 0.6 is 11.6 Å². The summed E-state index contributed by atoms with van der Waals surface area (Å²) in [5.41, 5.74) is 1.72. The van der Waals surface area contributed by atoms with Gasteiger partial charge in [-0.15, -0.1) is 16.7 Å². The molecule has 10 heteroatoms. The number of aromatic amines is 1. The molecule has 1 aliphatic carbocycles. The van der Waals surface area contributed by atoms with Crippen LogP contribution in [0.15, 0.2) is 18.2 Å². The number of halogens is 1. The van der Waals surface area contributed by atoms with Crippen LogP contribution in [0.2, 0.25) is 0 Å². The van der Waals surface area contributed by atoms with Crippen molar-refractivity contribution in [2.24, 2.45) is 5.92 Å². The van der Waals surface area contributed by atoms with Gasteiger partial charge in [0.2, 0.25) is 5.91 Å². The minimum atomic E-state index is -0.702. The van der Waals surface area contributed by atoms with Gasteiger partial charge in [-0.2, -0.15) is 0 Å². The van der Waals surface area contributed by atoms with Gasteiger partial charge in [-0.3, -0.25) is 19.5 Å². The molecule has 9 nitrogen and oxygen atoms in total. The molecule has 2 aromatic rings. The summed E-state index contributed by atoms with van der Waals surface area (Å²) in [7, 11) is 0. The quantitative estimate of drug-likeness (QED) is 0.698. The van der Waals surface area contributed by atoms with Gasteiger partial charge in [0.1, 0.15) is 30.3 Å². The Labute approximate surface area is 177 Å². The van der Waals surface area contributed by atoms with Crippen LogP contribution in [0.5, 0.6) is 0 Å². The summed E-state index contributed by atoms with van der Waals surface area (Å²) in [6.45, 7) is 0.216. The van der Waals surface area contributed by atoms with Gasteiger partial charge >= 0.3 is 0 Å². The van der Waals surface area contributed by atoms with Crippen LogP contribution in [0.3, 0.4) is 0 Å². The summed E-state index contributed by atoms with van der Waals surface area (Å²) in [6.07, 6.45) is 3.27. The van der Waals surface area contributed by atoms with Crippen molar-refractivity contribution in [2.45, 2.75) is 49.2 Å². The molecule has 1 unspecified atom stereocenters. The summed E-state index contributed by atoms with van der Waals surface area (Å²) in [4.78, 5) is 40.4. The summed E-state index contributed by atoms with van der Waals surface area (Å²) < 4.78 is 5.49. The van der Waals surface area contributed by atoms with Crippen molar-refractivity contribution in [3.05, 3.63) is 23.8 Å². The van der Waals surface area contributed by atoms with E-state index in [1.165, 1.54) is 4.90 Å². The van der Waals surface area contributed by atoms with E-state index in [1.54, 1.807) is 18.2 Å². The minimum absolute atomic E-state index is 0.0268. The zero-order valence-corrected chi connectivity index (χ0v) is 17.0. The lowest BCUT2D eigenvalue weighted by Crippen LogP contribution is -2.54. The number of hydrogen-bond donors (Lipinski definition) is 2. The van der Waals surface area contributed by atoms with Crippen molar-refractivity contribution in [3.63, 3.8) is 0 Å². The molecule has 158 valence electrons. The Bertz CT molecular complexity index is 1000. The van der Waals surface area contributed by atoms with Gasteiger partial charge in [0.25, 0.3) is 5.91 Å². The van der Waals surface area contributed by atoms with Gasteiger partial charge < -0.3 is 15.0 Å². The van der Waals surface area contributed by atoms with Crippen LogP contribution in [0.1, 0.15) is 36.0 Å². The van der Waals surface area contributed by atoms with E-state index in [0.29, 0.717) is 16.6 Å². The number of H-pyrrole nitrogens is 1. The Hall–Kier alpha value is -2.52. The number of alkyl halides is 1. The zero-order valence-electron chi connectivity index (χ0n) is 16.2. The average molecular weight is 432 g/mol. The number of hydrogen-bond acceptors (Lipinski definition) is 6. The van der Waals surface area contributed by atoms with Crippen LogP contribution < -0.4 is 5.32 Å². The number of Topliss-reactive ketones (excluding diaryl/α,β-unsaturated/α-hetero) is 1. The molecular formula is C20H22ClN5O4. The maximum absolute atomic E-state index is 13.5. The molecule has 0 bridgehead atoms. The van der Waals surface area contributed by atoms with E-state index in [9.17, 15) is 14.4 Å². The van der Waals surface area contributed by atoms with Crippen molar-refractivity contribution < 1.29 is 19.1 Å². The standard InChI is InChI=1S/C20H22ClN5O4/c21-12-8-26(17-15(27)9-30-18(12)17)20(29)16(10-3-1-2-4-10)22-19(28)11-5-6-13-14(7-11)24-25-23-13/h5-7,10,12,16-18H,1-4,8-9H2,(H,22,28)(H,23,24,25)/t12?,16-,17+,18+/m0/s1. The van der Waals surface area contributed by atoms with Gasteiger partial charge in [0.15, 0.2) is 5.78 Å². The lowest BCUT2D eigenvalue weighted by Gasteiger charge is -2.30. The highest BCUT2D eigenvalue weighted by Gasteiger charge is 2.53. The summed E-state index contributed by atoms with van der Waals surface area (Å²) >= 11 is 6.35. The number of amides is 2. The molecule has 2 saturated heterocycles. The maximum atomic E-state index is 13.5. The number of carbonyl (C=O) groups excluding carboxylic acids is 3. The van der Waals surface area contributed by atoms with E-state index in [2.05, 4.69) is 20.7 Å². The Morgan fingerprint density at radius 1 is 1.30 bits per heavy atom. The third kappa shape index (κ3) is 3.26. The van der Waals surface area contributed by atoms with Gasteiger partial charge in [0, 0.05) is 12.1 Å². The maximum Gasteiger partial charge on any atom is 0.252 e.